The van der Waals surface area contributed by atoms with Gasteiger partial charge in [-0.3, -0.25) is 15.1 Å². The summed E-state index contributed by atoms with van der Waals surface area (Å²) >= 11 is 1.26. The second-order valence-electron chi connectivity index (χ2n) is 3.08. The maximum absolute atomic E-state index is 5.50. The van der Waals surface area contributed by atoms with Gasteiger partial charge in [0.15, 0.2) is 0 Å². The maximum atomic E-state index is 5.50. The summed E-state index contributed by atoms with van der Waals surface area (Å²) < 4.78 is 5.33. The lowest BCUT2D eigenvalue weighted by atomic mass is 10.2. The SMILES string of the molecule is COC(c1cnc(C)cn1)C(C)SN. The highest BCUT2D eigenvalue weighted by Crippen LogP contribution is 2.24. The minimum absolute atomic E-state index is 0.0990. The van der Waals surface area contributed by atoms with Gasteiger partial charge in [0.1, 0.15) is 6.10 Å². The lowest BCUT2D eigenvalue weighted by molar-refractivity contribution is 0.101. The van der Waals surface area contributed by atoms with Crippen LogP contribution in [0.5, 0.6) is 0 Å². The first-order valence-corrected chi connectivity index (χ1v) is 5.30. The summed E-state index contributed by atoms with van der Waals surface area (Å²) in [6.07, 6.45) is 3.36. The number of methoxy groups -OCH3 is 1. The molecule has 0 spiro atoms. The van der Waals surface area contributed by atoms with Crippen LogP contribution in [0.4, 0.5) is 0 Å². The van der Waals surface area contributed by atoms with E-state index in [-0.39, 0.29) is 11.4 Å². The van der Waals surface area contributed by atoms with E-state index in [0.29, 0.717) is 0 Å². The zero-order valence-corrected chi connectivity index (χ0v) is 9.41. The van der Waals surface area contributed by atoms with Gasteiger partial charge in [0.2, 0.25) is 0 Å². The summed E-state index contributed by atoms with van der Waals surface area (Å²) in [4.78, 5) is 8.43. The van der Waals surface area contributed by atoms with Crippen molar-refractivity contribution in [3.8, 4) is 0 Å². The minimum Gasteiger partial charge on any atom is -0.374 e. The number of hydrogen-bond donors (Lipinski definition) is 1. The molecule has 0 aliphatic carbocycles. The monoisotopic (exact) mass is 213 g/mol. The summed E-state index contributed by atoms with van der Waals surface area (Å²) in [7, 11) is 1.65. The van der Waals surface area contributed by atoms with Crippen molar-refractivity contribution in [2.24, 2.45) is 5.14 Å². The molecule has 0 saturated heterocycles. The molecule has 1 heterocycles. The van der Waals surface area contributed by atoms with E-state index < -0.39 is 0 Å². The standard InChI is InChI=1S/C9H15N3OS/c1-6-4-12-8(5-11-6)9(13-3)7(2)14-10/h4-5,7,9H,10H2,1-3H3. The molecule has 1 aromatic heterocycles. The molecular formula is C9H15N3OS. The van der Waals surface area contributed by atoms with Crippen LogP contribution in [0.25, 0.3) is 0 Å². The average molecular weight is 213 g/mol. The molecule has 0 saturated carbocycles. The maximum Gasteiger partial charge on any atom is 0.113 e. The Labute approximate surface area is 88.4 Å². The summed E-state index contributed by atoms with van der Waals surface area (Å²) in [5, 5.41) is 5.67. The molecule has 2 N–H and O–H groups in total. The Balaban J connectivity index is 2.84. The Bertz CT molecular complexity index is 278. The smallest absolute Gasteiger partial charge is 0.113 e. The molecule has 1 aromatic rings. The molecule has 0 radical (unpaired) electrons. The first-order valence-electron chi connectivity index (χ1n) is 4.36. The Kier molecular flexibility index (Phi) is 4.31. The first-order chi connectivity index (χ1) is 6.69. The molecule has 4 nitrogen and oxygen atoms in total. The first kappa shape index (κ1) is 11.4. The molecule has 78 valence electrons. The zero-order chi connectivity index (χ0) is 10.6. The van der Waals surface area contributed by atoms with Gasteiger partial charge in [-0.25, -0.2) is 0 Å². The fourth-order valence-corrected chi connectivity index (χ4v) is 1.57. The number of ether oxygens (including phenoxy) is 1. The molecule has 0 amide bonds. The van der Waals surface area contributed by atoms with E-state index in [0.717, 1.165) is 11.4 Å². The Morgan fingerprint density at radius 3 is 2.57 bits per heavy atom. The Morgan fingerprint density at radius 2 is 2.14 bits per heavy atom. The molecule has 2 unspecified atom stereocenters. The van der Waals surface area contributed by atoms with Crippen molar-refractivity contribution in [1.82, 2.24) is 9.97 Å². The van der Waals surface area contributed by atoms with Crippen LogP contribution >= 0.6 is 11.9 Å². The molecule has 14 heavy (non-hydrogen) atoms. The van der Waals surface area contributed by atoms with Gasteiger partial charge >= 0.3 is 0 Å². The highest BCUT2D eigenvalue weighted by Gasteiger charge is 2.19. The number of aryl methyl sites for hydroxylation is 1. The van der Waals surface area contributed by atoms with Gasteiger partial charge in [-0.15, -0.1) is 0 Å². The molecular weight excluding hydrogens is 198 g/mol. The molecule has 0 bridgehead atoms. The number of rotatable bonds is 4. The van der Waals surface area contributed by atoms with Gasteiger partial charge in [0.25, 0.3) is 0 Å². The fourth-order valence-electron chi connectivity index (χ4n) is 1.17. The number of nitrogens with zero attached hydrogens (tertiary/aromatic N) is 2. The topological polar surface area (TPSA) is 61.0 Å². The zero-order valence-electron chi connectivity index (χ0n) is 8.60. The second kappa shape index (κ2) is 5.29. The van der Waals surface area contributed by atoms with Crippen molar-refractivity contribution in [2.75, 3.05) is 7.11 Å². The van der Waals surface area contributed by atoms with Gasteiger partial charge in [0.05, 0.1) is 17.6 Å². The largest absolute Gasteiger partial charge is 0.374 e. The van der Waals surface area contributed by atoms with Crippen molar-refractivity contribution >= 4 is 11.9 Å². The molecule has 0 aliphatic heterocycles. The van der Waals surface area contributed by atoms with Crippen LogP contribution < -0.4 is 5.14 Å². The molecule has 2 atom stereocenters. The van der Waals surface area contributed by atoms with E-state index in [1.165, 1.54) is 11.9 Å². The molecule has 5 heteroatoms. The predicted octanol–water partition coefficient (Wildman–Crippen LogP) is 1.47. The van der Waals surface area contributed by atoms with Crippen LogP contribution in [-0.4, -0.2) is 22.3 Å². The summed E-state index contributed by atoms with van der Waals surface area (Å²) in [6, 6.07) is 0. The van der Waals surface area contributed by atoms with Crippen LogP contribution in [0.2, 0.25) is 0 Å². The molecule has 0 aliphatic rings. The third-order valence-electron chi connectivity index (χ3n) is 1.99. The van der Waals surface area contributed by atoms with Crippen molar-refractivity contribution in [1.29, 1.82) is 0 Å². The Hall–Kier alpha value is -0.650. The predicted molar refractivity (Wildman–Crippen MR) is 57.8 cm³/mol. The van der Waals surface area contributed by atoms with E-state index in [1.807, 2.05) is 13.8 Å². The van der Waals surface area contributed by atoms with Crippen molar-refractivity contribution in [2.45, 2.75) is 25.2 Å². The van der Waals surface area contributed by atoms with Crippen LogP contribution in [0.1, 0.15) is 24.4 Å². The number of nitrogens with two attached hydrogens (primary N) is 1. The van der Waals surface area contributed by atoms with Gasteiger partial charge in [0, 0.05) is 18.6 Å². The lowest BCUT2D eigenvalue weighted by Crippen LogP contribution is -2.17. The number of aromatic nitrogens is 2. The summed E-state index contributed by atoms with van der Waals surface area (Å²) in [5.74, 6) is 0. The molecule has 0 aromatic carbocycles. The van der Waals surface area contributed by atoms with E-state index in [9.17, 15) is 0 Å². The fraction of sp³-hybridized carbons (Fsp3) is 0.556. The third-order valence-corrected chi connectivity index (χ3v) is 2.66. The van der Waals surface area contributed by atoms with Crippen LogP contribution in [0.3, 0.4) is 0 Å². The highest BCUT2D eigenvalue weighted by molar-refractivity contribution is 7.97. The second-order valence-corrected chi connectivity index (χ2v) is 4.10. The van der Waals surface area contributed by atoms with E-state index in [2.05, 4.69) is 9.97 Å². The average Bonchev–Trinajstić information content (AvgIpc) is 2.21. The quantitative estimate of drug-likeness (QED) is 0.767. The van der Waals surface area contributed by atoms with Crippen molar-refractivity contribution < 1.29 is 4.74 Å². The van der Waals surface area contributed by atoms with Gasteiger partial charge < -0.3 is 4.74 Å². The highest BCUT2D eigenvalue weighted by atomic mass is 32.2. The molecule has 1 rings (SSSR count). The van der Waals surface area contributed by atoms with Gasteiger partial charge in [-0.05, 0) is 13.8 Å². The van der Waals surface area contributed by atoms with Gasteiger partial charge in [-0.1, -0.05) is 11.9 Å². The normalized spacial score (nSPS) is 15.1. The molecule has 0 fully saturated rings. The van der Waals surface area contributed by atoms with E-state index in [4.69, 9.17) is 9.88 Å². The number of hydrogen-bond acceptors (Lipinski definition) is 5. The van der Waals surface area contributed by atoms with Crippen LogP contribution in [0.15, 0.2) is 12.4 Å². The summed E-state index contributed by atoms with van der Waals surface area (Å²) in [5.41, 5.74) is 1.72. The Morgan fingerprint density at radius 1 is 1.43 bits per heavy atom. The van der Waals surface area contributed by atoms with Crippen molar-refractivity contribution in [3.63, 3.8) is 0 Å². The van der Waals surface area contributed by atoms with Crippen LogP contribution in [-0.2, 0) is 4.74 Å². The van der Waals surface area contributed by atoms with Crippen molar-refractivity contribution in [3.05, 3.63) is 23.8 Å². The summed E-state index contributed by atoms with van der Waals surface area (Å²) in [6.45, 7) is 3.90. The lowest BCUT2D eigenvalue weighted by Gasteiger charge is -2.19. The van der Waals surface area contributed by atoms with E-state index >= 15 is 0 Å². The third kappa shape index (κ3) is 2.67. The van der Waals surface area contributed by atoms with Crippen LogP contribution in [0, 0.1) is 6.92 Å². The minimum atomic E-state index is -0.0990. The van der Waals surface area contributed by atoms with E-state index in [1.54, 1.807) is 19.5 Å². The van der Waals surface area contributed by atoms with Gasteiger partial charge in [-0.2, -0.15) is 0 Å².